The molecule has 1 atom stereocenters. The number of para-hydroxylation sites is 1. The number of halogens is 2. The van der Waals surface area contributed by atoms with Gasteiger partial charge >= 0.3 is 0 Å². The minimum atomic E-state index is 0.0946. The molecule has 1 aromatic carbocycles. The largest absolute Gasteiger partial charge is 0.317 e. The molecule has 0 bridgehead atoms. The molecule has 0 radical (unpaired) electrons. The van der Waals surface area contributed by atoms with E-state index >= 15 is 0 Å². The maximum atomic E-state index is 6.20. The second-order valence-electron chi connectivity index (χ2n) is 4.19. The quantitative estimate of drug-likeness (QED) is 0.667. The Labute approximate surface area is 124 Å². The van der Waals surface area contributed by atoms with Crippen LogP contribution in [0, 0.1) is 0 Å². The maximum absolute atomic E-state index is 6.20. The van der Waals surface area contributed by atoms with Gasteiger partial charge < -0.3 is 4.57 Å². The van der Waals surface area contributed by atoms with Crippen LogP contribution in [0.5, 0.6) is 0 Å². The van der Waals surface area contributed by atoms with Crippen LogP contribution in [0.2, 0.25) is 5.02 Å². The van der Waals surface area contributed by atoms with Crippen molar-refractivity contribution in [3.63, 3.8) is 0 Å². The normalized spacial score (nSPS) is 13.0. The molecule has 19 heavy (non-hydrogen) atoms. The fraction of sp³-hybridized carbons (Fsp3) is 0.231. The molecule has 0 aliphatic rings. The number of alkyl halides is 1. The summed E-state index contributed by atoms with van der Waals surface area (Å²) in [5, 5.41) is 3.65. The Bertz CT molecular complexity index is 706. The van der Waals surface area contributed by atoms with Crippen molar-refractivity contribution in [1.82, 2.24) is 14.5 Å². The molecule has 6 heteroatoms. The van der Waals surface area contributed by atoms with Gasteiger partial charge in [-0.05, 0) is 19.1 Å². The molecule has 0 aliphatic heterocycles. The van der Waals surface area contributed by atoms with E-state index in [1.807, 2.05) is 29.8 Å². The molecule has 2 aromatic heterocycles. The number of benzene rings is 1. The second-order valence-corrected chi connectivity index (χ2v) is 5.79. The van der Waals surface area contributed by atoms with E-state index in [9.17, 15) is 0 Å². The summed E-state index contributed by atoms with van der Waals surface area (Å²) in [4.78, 5) is 8.91. The van der Waals surface area contributed by atoms with Crippen molar-refractivity contribution in [2.24, 2.45) is 0 Å². The molecule has 2 heterocycles. The molecule has 0 fully saturated rings. The lowest BCUT2D eigenvalue weighted by Crippen LogP contribution is -2.09. The van der Waals surface area contributed by atoms with E-state index in [0.717, 1.165) is 21.9 Å². The van der Waals surface area contributed by atoms with E-state index in [-0.39, 0.29) is 6.04 Å². The first-order valence-corrected chi connectivity index (χ1v) is 7.62. The lowest BCUT2D eigenvalue weighted by Gasteiger charge is -2.14. The van der Waals surface area contributed by atoms with Crippen molar-refractivity contribution < 1.29 is 0 Å². The highest BCUT2D eigenvalue weighted by atomic mass is 35.5. The lowest BCUT2D eigenvalue weighted by atomic mass is 10.3. The first kappa shape index (κ1) is 12.9. The van der Waals surface area contributed by atoms with Crippen LogP contribution in [0.15, 0.2) is 29.8 Å². The third kappa shape index (κ3) is 2.14. The molecule has 0 saturated carbocycles. The van der Waals surface area contributed by atoms with Crippen LogP contribution in [0.3, 0.4) is 0 Å². The van der Waals surface area contributed by atoms with E-state index in [4.69, 9.17) is 23.2 Å². The summed E-state index contributed by atoms with van der Waals surface area (Å²) in [5.74, 6) is 1.16. The van der Waals surface area contributed by atoms with E-state index in [1.54, 1.807) is 11.3 Å². The Kier molecular flexibility index (Phi) is 3.48. The summed E-state index contributed by atoms with van der Waals surface area (Å²) >= 11 is 13.8. The van der Waals surface area contributed by atoms with Gasteiger partial charge in [-0.1, -0.05) is 17.7 Å². The molecule has 0 saturated heterocycles. The minimum Gasteiger partial charge on any atom is -0.317 e. The third-order valence-corrected chi connectivity index (χ3v) is 4.55. The van der Waals surface area contributed by atoms with Gasteiger partial charge in [-0.25, -0.2) is 9.97 Å². The smallest absolute Gasteiger partial charge is 0.125 e. The molecule has 1 unspecified atom stereocenters. The van der Waals surface area contributed by atoms with Crippen LogP contribution in [0.4, 0.5) is 0 Å². The van der Waals surface area contributed by atoms with E-state index in [0.29, 0.717) is 10.9 Å². The summed E-state index contributed by atoms with van der Waals surface area (Å²) in [6.07, 6.45) is 1.81. The Morgan fingerprint density at radius 1 is 1.42 bits per heavy atom. The Balaban J connectivity index is 2.24. The number of rotatable bonds is 3. The van der Waals surface area contributed by atoms with Crippen LogP contribution in [0.1, 0.15) is 23.8 Å². The summed E-state index contributed by atoms with van der Waals surface area (Å²) in [6.45, 7) is 2.09. The van der Waals surface area contributed by atoms with Gasteiger partial charge in [0, 0.05) is 11.6 Å². The van der Waals surface area contributed by atoms with Crippen LogP contribution in [-0.2, 0) is 5.88 Å². The summed E-state index contributed by atoms with van der Waals surface area (Å²) < 4.78 is 2.10. The molecular formula is C13H11Cl2N3S. The van der Waals surface area contributed by atoms with Gasteiger partial charge in [0.2, 0.25) is 0 Å². The molecule has 0 N–H and O–H groups in total. The standard InChI is InChI=1S/C13H11Cl2N3S/c1-8(13-16-5-6-19-13)18-10-4-2-3-9(15)12(10)17-11(18)7-14/h2-6,8H,7H2,1H3. The number of imidazole rings is 1. The van der Waals surface area contributed by atoms with Gasteiger partial charge in [0.25, 0.3) is 0 Å². The van der Waals surface area contributed by atoms with Crippen molar-refractivity contribution in [3.8, 4) is 0 Å². The summed E-state index contributed by atoms with van der Waals surface area (Å²) in [6, 6.07) is 5.87. The zero-order chi connectivity index (χ0) is 13.4. The van der Waals surface area contributed by atoms with Crippen molar-refractivity contribution in [1.29, 1.82) is 0 Å². The summed E-state index contributed by atoms with van der Waals surface area (Å²) in [7, 11) is 0. The number of hydrogen-bond donors (Lipinski definition) is 0. The third-order valence-electron chi connectivity index (χ3n) is 3.06. The predicted octanol–water partition coefficient (Wildman–Crippen LogP) is 4.49. The number of nitrogens with zero attached hydrogens (tertiary/aromatic N) is 3. The zero-order valence-corrected chi connectivity index (χ0v) is 12.5. The SMILES string of the molecule is CC(c1nccs1)n1c(CCl)nc2c(Cl)cccc21. The fourth-order valence-corrected chi connectivity index (χ4v) is 3.29. The monoisotopic (exact) mass is 311 g/mol. The van der Waals surface area contributed by atoms with E-state index < -0.39 is 0 Å². The summed E-state index contributed by atoms with van der Waals surface area (Å²) in [5.41, 5.74) is 1.79. The van der Waals surface area contributed by atoms with E-state index in [1.165, 1.54) is 0 Å². The molecule has 98 valence electrons. The van der Waals surface area contributed by atoms with Crippen LogP contribution in [-0.4, -0.2) is 14.5 Å². The van der Waals surface area contributed by atoms with Gasteiger partial charge in [0.05, 0.1) is 22.5 Å². The topological polar surface area (TPSA) is 30.7 Å². The van der Waals surface area contributed by atoms with Crippen molar-refractivity contribution >= 4 is 45.6 Å². The molecule has 3 aromatic rings. The van der Waals surface area contributed by atoms with Crippen LogP contribution >= 0.6 is 34.5 Å². The highest BCUT2D eigenvalue weighted by molar-refractivity contribution is 7.09. The number of hydrogen-bond acceptors (Lipinski definition) is 3. The van der Waals surface area contributed by atoms with Crippen LogP contribution in [0.25, 0.3) is 11.0 Å². The van der Waals surface area contributed by atoms with Crippen LogP contribution < -0.4 is 0 Å². The molecule has 3 rings (SSSR count). The Morgan fingerprint density at radius 3 is 2.95 bits per heavy atom. The molecule has 0 aliphatic carbocycles. The van der Waals surface area contributed by atoms with Gasteiger partial charge in [0.1, 0.15) is 16.3 Å². The Hall–Kier alpha value is -1.10. The van der Waals surface area contributed by atoms with Gasteiger partial charge in [-0.3, -0.25) is 0 Å². The lowest BCUT2D eigenvalue weighted by molar-refractivity contribution is 0.630. The van der Waals surface area contributed by atoms with Crippen molar-refractivity contribution in [3.05, 3.63) is 45.6 Å². The molecular weight excluding hydrogens is 301 g/mol. The second kappa shape index (κ2) is 5.12. The maximum Gasteiger partial charge on any atom is 0.125 e. The minimum absolute atomic E-state index is 0.0946. The average Bonchev–Trinajstić information content (AvgIpc) is 3.05. The van der Waals surface area contributed by atoms with Gasteiger partial charge in [-0.15, -0.1) is 22.9 Å². The number of aromatic nitrogens is 3. The van der Waals surface area contributed by atoms with Crippen molar-refractivity contribution in [2.75, 3.05) is 0 Å². The zero-order valence-electron chi connectivity index (χ0n) is 10.2. The van der Waals surface area contributed by atoms with Crippen molar-refractivity contribution in [2.45, 2.75) is 18.8 Å². The molecule has 0 amide bonds. The predicted molar refractivity (Wildman–Crippen MR) is 80.2 cm³/mol. The first-order chi connectivity index (χ1) is 9.22. The fourth-order valence-electron chi connectivity index (χ4n) is 2.21. The van der Waals surface area contributed by atoms with Gasteiger partial charge in [0.15, 0.2) is 0 Å². The molecule has 0 spiro atoms. The van der Waals surface area contributed by atoms with E-state index in [2.05, 4.69) is 21.5 Å². The Morgan fingerprint density at radius 2 is 2.26 bits per heavy atom. The number of fused-ring (bicyclic) bond motifs is 1. The first-order valence-electron chi connectivity index (χ1n) is 5.83. The van der Waals surface area contributed by atoms with Gasteiger partial charge in [-0.2, -0.15) is 0 Å². The highest BCUT2D eigenvalue weighted by Crippen LogP contribution is 2.30. The molecule has 3 nitrogen and oxygen atoms in total. The number of thiazole rings is 1. The highest BCUT2D eigenvalue weighted by Gasteiger charge is 2.19. The average molecular weight is 312 g/mol.